The van der Waals surface area contributed by atoms with E-state index in [-0.39, 0.29) is 18.1 Å². The molecule has 0 bridgehead atoms. The minimum absolute atomic E-state index is 0.0526. The summed E-state index contributed by atoms with van der Waals surface area (Å²) in [7, 11) is 0. The fraction of sp³-hybridized carbons (Fsp3) is 0.600. The van der Waals surface area contributed by atoms with Gasteiger partial charge in [-0.1, -0.05) is 0 Å². The number of aromatic nitrogens is 2. The summed E-state index contributed by atoms with van der Waals surface area (Å²) in [5.41, 5.74) is 6.39. The quantitative estimate of drug-likeness (QED) is 0.715. The van der Waals surface area contributed by atoms with E-state index in [1.54, 1.807) is 4.90 Å². The minimum Gasteiger partial charge on any atom is -0.396 e. The number of aromatic amines is 1. The lowest BCUT2D eigenvalue weighted by Gasteiger charge is -2.35. The molecule has 6 heteroatoms. The molecule has 2 rings (SSSR count). The van der Waals surface area contributed by atoms with Gasteiger partial charge in [-0.2, -0.15) is 5.10 Å². The first-order chi connectivity index (χ1) is 7.58. The molecule has 1 fully saturated rings. The van der Waals surface area contributed by atoms with E-state index in [9.17, 15) is 4.79 Å². The molecule has 2 heterocycles. The summed E-state index contributed by atoms with van der Waals surface area (Å²) in [6, 6.07) is 0. The number of nitrogen functional groups attached to an aromatic ring is 1. The molecular formula is C10H16N4O2. The number of rotatable bonds is 1. The Kier molecular flexibility index (Phi) is 2.82. The summed E-state index contributed by atoms with van der Waals surface area (Å²) in [4.78, 5) is 13.8. The molecule has 0 spiro atoms. The molecule has 0 aromatic carbocycles. The van der Waals surface area contributed by atoms with Crippen LogP contribution in [0, 0.1) is 0 Å². The predicted octanol–water partition coefficient (Wildman–Crippen LogP) is 0.241. The van der Waals surface area contributed by atoms with E-state index in [2.05, 4.69) is 10.2 Å². The number of amides is 1. The Hall–Kier alpha value is -1.56. The maximum Gasteiger partial charge on any atom is 0.274 e. The van der Waals surface area contributed by atoms with E-state index in [1.165, 1.54) is 6.20 Å². The van der Waals surface area contributed by atoms with Gasteiger partial charge in [-0.15, -0.1) is 0 Å². The van der Waals surface area contributed by atoms with Crippen molar-refractivity contribution in [3.05, 3.63) is 11.9 Å². The molecule has 0 saturated carbocycles. The van der Waals surface area contributed by atoms with Crippen LogP contribution in [0.1, 0.15) is 24.3 Å². The van der Waals surface area contributed by atoms with Gasteiger partial charge in [0.05, 0.1) is 24.1 Å². The first-order valence-corrected chi connectivity index (χ1v) is 5.31. The number of hydrogen-bond acceptors (Lipinski definition) is 4. The molecule has 1 aromatic heterocycles. The topological polar surface area (TPSA) is 84.2 Å². The van der Waals surface area contributed by atoms with Crippen LogP contribution in [0.4, 0.5) is 5.69 Å². The highest BCUT2D eigenvalue weighted by Crippen LogP contribution is 2.15. The third-order valence-corrected chi connectivity index (χ3v) is 2.59. The zero-order chi connectivity index (χ0) is 11.7. The number of nitrogens with two attached hydrogens (primary N) is 1. The van der Waals surface area contributed by atoms with Gasteiger partial charge in [0.1, 0.15) is 5.69 Å². The van der Waals surface area contributed by atoms with E-state index < -0.39 is 0 Å². The Morgan fingerprint density at radius 3 is 2.69 bits per heavy atom. The van der Waals surface area contributed by atoms with Crippen molar-refractivity contribution in [3.8, 4) is 0 Å². The number of carbonyl (C=O) groups is 1. The number of anilines is 1. The second-order valence-corrected chi connectivity index (χ2v) is 4.17. The maximum absolute atomic E-state index is 12.1. The monoisotopic (exact) mass is 224 g/mol. The highest BCUT2D eigenvalue weighted by atomic mass is 16.5. The summed E-state index contributed by atoms with van der Waals surface area (Å²) < 4.78 is 5.56. The Morgan fingerprint density at radius 2 is 2.19 bits per heavy atom. The summed E-state index contributed by atoms with van der Waals surface area (Å²) in [6.45, 7) is 5.07. The second kappa shape index (κ2) is 4.13. The smallest absolute Gasteiger partial charge is 0.274 e. The van der Waals surface area contributed by atoms with Crippen LogP contribution in [0.25, 0.3) is 0 Å². The Labute approximate surface area is 93.8 Å². The molecular weight excluding hydrogens is 208 g/mol. The zero-order valence-corrected chi connectivity index (χ0v) is 9.43. The van der Waals surface area contributed by atoms with Crippen LogP contribution in [0.2, 0.25) is 0 Å². The molecule has 1 amide bonds. The van der Waals surface area contributed by atoms with Gasteiger partial charge in [0.25, 0.3) is 5.91 Å². The molecule has 2 atom stereocenters. The van der Waals surface area contributed by atoms with Crippen LogP contribution in [-0.2, 0) is 4.74 Å². The van der Waals surface area contributed by atoms with Gasteiger partial charge in [-0.25, -0.2) is 0 Å². The maximum atomic E-state index is 12.1. The lowest BCUT2D eigenvalue weighted by molar-refractivity contribution is -0.0587. The summed E-state index contributed by atoms with van der Waals surface area (Å²) in [6.07, 6.45) is 1.55. The SMILES string of the molecule is C[C@@H]1CN(C(=O)c2[nH]ncc2N)C[C@H](C)O1. The lowest BCUT2D eigenvalue weighted by atomic mass is 10.2. The van der Waals surface area contributed by atoms with Crippen LogP contribution >= 0.6 is 0 Å². The highest BCUT2D eigenvalue weighted by Gasteiger charge is 2.28. The predicted molar refractivity (Wildman–Crippen MR) is 58.9 cm³/mol. The number of morpholine rings is 1. The molecule has 16 heavy (non-hydrogen) atoms. The van der Waals surface area contributed by atoms with Crippen molar-refractivity contribution in [2.75, 3.05) is 18.8 Å². The van der Waals surface area contributed by atoms with Crippen LogP contribution < -0.4 is 5.73 Å². The third-order valence-electron chi connectivity index (χ3n) is 2.59. The van der Waals surface area contributed by atoms with Crippen molar-refractivity contribution in [3.63, 3.8) is 0 Å². The minimum atomic E-state index is -0.114. The summed E-state index contributed by atoms with van der Waals surface area (Å²) in [5.74, 6) is -0.114. The molecule has 1 aliphatic heterocycles. The zero-order valence-electron chi connectivity index (χ0n) is 9.43. The number of hydrogen-bond donors (Lipinski definition) is 2. The largest absolute Gasteiger partial charge is 0.396 e. The fourth-order valence-corrected chi connectivity index (χ4v) is 1.97. The molecule has 3 N–H and O–H groups in total. The average Bonchev–Trinajstić information content (AvgIpc) is 2.62. The molecule has 88 valence electrons. The number of nitrogens with one attached hydrogen (secondary N) is 1. The lowest BCUT2D eigenvalue weighted by Crippen LogP contribution is -2.48. The normalized spacial score (nSPS) is 25.8. The van der Waals surface area contributed by atoms with Crippen molar-refractivity contribution in [2.45, 2.75) is 26.1 Å². The second-order valence-electron chi connectivity index (χ2n) is 4.17. The third kappa shape index (κ3) is 2.01. The van der Waals surface area contributed by atoms with Crippen LogP contribution in [0.3, 0.4) is 0 Å². The van der Waals surface area contributed by atoms with Gasteiger partial charge in [0.15, 0.2) is 0 Å². The summed E-state index contributed by atoms with van der Waals surface area (Å²) >= 11 is 0. The van der Waals surface area contributed by atoms with Crippen LogP contribution in [-0.4, -0.2) is 46.3 Å². The first kappa shape index (κ1) is 10.9. The van der Waals surface area contributed by atoms with Gasteiger partial charge in [-0.3, -0.25) is 9.89 Å². The van der Waals surface area contributed by atoms with E-state index >= 15 is 0 Å². The Morgan fingerprint density at radius 1 is 1.56 bits per heavy atom. The Bertz CT molecular complexity index is 380. The van der Waals surface area contributed by atoms with E-state index in [0.717, 1.165) is 0 Å². The highest BCUT2D eigenvalue weighted by molar-refractivity contribution is 5.97. The van der Waals surface area contributed by atoms with Gasteiger partial charge in [0, 0.05) is 13.1 Å². The molecule has 1 aliphatic rings. The van der Waals surface area contributed by atoms with E-state index in [1.807, 2.05) is 13.8 Å². The molecule has 0 unspecified atom stereocenters. The molecule has 1 saturated heterocycles. The van der Waals surface area contributed by atoms with Gasteiger partial charge >= 0.3 is 0 Å². The van der Waals surface area contributed by atoms with Crippen molar-refractivity contribution in [1.82, 2.24) is 15.1 Å². The van der Waals surface area contributed by atoms with Crippen molar-refractivity contribution >= 4 is 11.6 Å². The number of nitrogens with zero attached hydrogens (tertiary/aromatic N) is 2. The Balaban J connectivity index is 2.13. The van der Waals surface area contributed by atoms with Gasteiger partial charge in [-0.05, 0) is 13.8 Å². The number of H-pyrrole nitrogens is 1. The van der Waals surface area contributed by atoms with Gasteiger partial charge in [0.2, 0.25) is 0 Å². The van der Waals surface area contributed by atoms with Gasteiger partial charge < -0.3 is 15.4 Å². The van der Waals surface area contributed by atoms with Crippen LogP contribution in [0.15, 0.2) is 6.20 Å². The van der Waals surface area contributed by atoms with Crippen molar-refractivity contribution in [1.29, 1.82) is 0 Å². The molecule has 0 radical (unpaired) electrons. The van der Waals surface area contributed by atoms with E-state index in [0.29, 0.717) is 24.5 Å². The standard InChI is InChI=1S/C10H16N4O2/c1-6-4-14(5-7(2)16-6)10(15)9-8(11)3-12-13-9/h3,6-7H,4-5,11H2,1-2H3,(H,12,13)/t6-,7+. The fourth-order valence-electron chi connectivity index (χ4n) is 1.97. The van der Waals surface area contributed by atoms with Crippen molar-refractivity contribution in [2.24, 2.45) is 0 Å². The molecule has 6 nitrogen and oxygen atoms in total. The average molecular weight is 224 g/mol. The molecule has 0 aliphatic carbocycles. The first-order valence-electron chi connectivity index (χ1n) is 5.31. The summed E-state index contributed by atoms with van der Waals surface area (Å²) in [5, 5.41) is 6.37. The number of carbonyl (C=O) groups excluding carboxylic acids is 1. The van der Waals surface area contributed by atoms with E-state index in [4.69, 9.17) is 10.5 Å². The molecule has 1 aromatic rings. The number of ether oxygens (including phenoxy) is 1. The van der Waals surface area contributed by atoms with Crippen molar-refractivity contribution < 1.29 is 9.53 Å². The van der Waals surface area contributed by atoms with Crippen LogP contribution in [0.5, 0.6) is 0 Å².